The van der Waals surface area contributed by atoms with Crippen molar-refractivity contribution in [2.45, 2.75) is 33.6 Å². The quantitative estimate of drug-likeness (QED) is 0.537. The number of esters is 1. The highest BCUT2D eigenvalue weighted by atomic mass is 16.5. The van der Waals surface area contributed by atoms with Crippen LogP contribution in [0.25, 0.3) is 0 Å². The van der Waals surface area contributed by atoms with E-state index in [1.54, 1.807) is 6.92 Å². The van der Waals surface area contributed by atoms with Gasteiger partial charge in [-0.25, -0.2) is 0 Å². The zero-order chi connectivity index (χ0) is 11.0. The average molecular weight is 201 g/mol. The highest BCUT2D eigenvalue weighted by Gasteiger charge is 2.29. The molecule has 0 saturated carbocycles. The van der Waals surface area contributed by atoms with Gasteiger partial charge in [-0.05, 0) is 19.8 Å². The van der Waals surface area contributed by atoms with Gasteiger partial charge in [0.2, 0.25) is 5.91 Å². The van der Waals surface area contributed by atoms with Gasteiger partial charge in [-0.1, -0.05) is 13.8 Å². The molecule has 82 valence electrons. The highest BCUT2D eigenvalue weighted by Crippen LogP contribution is 2.12. The minimum atomic E-state index is -0.571. The van der Waals surface area contributed by atoms with Crippen LogP contribution in [0.2, 0.25) is 0 Å². The summed E-state index contributed by atoms with van der Waals surface area (Å²) >= 11 is 0. The predicted octanol–water partition coefficient (Wildman–Crippen LogP) is 1.10. The second kappa shape index (κ2) is 7.35. The maximum Gasteiger partial charge on any atom is 0.318 e. The zero-order valence-corrected chi connectivity index (χ0v) is 9.13. The molecule has 4 heteroatoms. The van der Waals surface area contributed by atoms with Crippen molar-refractivity contribution < 1.29 is 14.3 Å². The molecular formula is C10H19NO3. The summed E-state index contributed by atoms with van der Waals surface area (Å²) in [5, 5.41) is 2.63. The van der Waals surface area contributed by atoms with Crippen LogP contribution in [0, 0.1) is 5.92 Å². The third-order valence-electron chi connectivity index (χ3n) is 1.86. The van der Waals surface area contributed by atoms with Crippen LogP contribution in [0.1, 0.15) is 33.6 Å². The second-order valence-electron chi connectivity index (χ2n) is 2.74. The molecule has 1 aliphatic rings. The van der Waals surface area contributed by atoms with E-state index in [2.05, 4.69) is 5.32 Å². The van der Waals surface area contributed by atoms with Crippen LogP contribution in [0.15, 0.2) is 0 Å². The minimum Gasteiger partial charge on any atom is -0.465 e. The number of hydrogen-bond acceptors (Lipinski definition) is 3. The molecule has 0 radical (unpaired) electrons. The molecule has 1 unspecified atom stereocenters. The number of rotatable bonds is 2. The molecule has 4 nitrogen and oxygen atoms in total. The first-order valence-corrected chi connectivity index (χ1v) is 5.20. The molecule has 0 spiro atoms. The van der Waals surface area contributed by atoms with E-state index in [9.17, 15) is 9.59 Å². The van der Waals surface area contributed by atoms with Crippen LogP contribution in [0.5, 0.6) is 0 Å². The molecule has 1 fully saturated rings. The number of carbonyl (C=O) groups is 2. The molecule has 14 heavy (non-hydrogen) atoms. The van der Waals surface area contributed by atoms with Crippen molar-refractivity contribution in [1.29, 1.82) is 0 Å². The van der Waals surface area contributed by atoms with Gasteiger partial charge in [0.05, 0.1) is 6.61 Å². The molecule has 0 aliphatic carbocycles. The number of nitrogens with one attached hydrogen (secondary N) is 1. The molecular weight excluding hydrogens is 182 g/mol. The first-order valence-electron chi connectivity index (χ1n) is 5.20. The second-order valence-corrected chi connectivity index (χ2v) is 2.74. The van der Waals surface area contributed by atoms with Gasteiger partial charge >= 0.3 is 5.97 Å². The van der Waals surface area contributed by atoms with Gasteiger partial charge in [0.15, 0.2) is 0 Å². The van der Waals surface area contributed by atoms with E-state index in [-0.39, 0.29) is 5.91 Å². The summed E-state index contributed by atoms with van der Waals surface area (Å²) in [7, 11) is 0. The number of ether oxygens (including phenoxy) is 1. The van der Waals surface area contributed by atoms with Crippen LogP contribution in [-0.2, 0) is 14.3 Å². The van der Waals surface area contributed by atoms with E-state index in [0.29, 0.717) is 19.6 Å². The molecule has 1 N–H and O–H groups in total. The molecule has 1 atom stereocenters. The number of piperidine rings is 1. The number of hydrogen-bond donors (Lipinski definition) is 1. The van der Waals surface area contributed by atoms with Crippen LogP contribution in [-0.4, -0.2) is 25.0 Å². The number of carbonyl (C=O) groups excluding carboxylic acids is 2. The SMILES string of the molecule is CC.CCOC(=O)C1CCCNC1=O. The van der Waals surface area contributed by atoms with E-state index in [0.717, 1.165) is 6.42 Å². The van der Waals surface area contributed by atoms with Crippen molar-refractivity contribution in [3.63, 3.8) is 0 Å². The van der Waals surface area contributed by atoms with Gasteiger partial charge in [-0.2, -0.15) is 0 Å². The molecule has 0 aromatic carbocycles. The summed E-state index contributed by atoms with van der Waals surface area (Å²) in [5.74, 6) is -1.16. The maximum absolute atomic E-state index is 11.1. The largest absolute Gasteiger partial charge is 0.465 e. The van der Waals surface area contributed by atoms with Gasteiger partial charge in [-0.15, -0.1) is 0 Å². The standard InChI is InChI=1S/C8H13NO3.C2H6/c1-2-12-8(11)6-4-3-5-9-7(6)10;1-2/h6H,2-5H2,1H3,(H,9,10);1-2H3. The predicted molar refractivity (Wildman–Crippen MR) is 53.7 cm³/mol. The Kier molecular flexibility index (Phi) is 6.80. The van der Waals surface area contributed by atoms with Crippen LogP contribution in [0.3, 0.4) is 0 Å². The van der Waals surface area contributed by atoms with Crippen LogP contribution < -0.4 is 5.32 Å². The first-order chi connectivity index (χ1) is 6.75. The third kappa shape index (κ3) is 3.77. The molecule has 1 saturated heterocycles. The Hall–Kier alpha value is -1.06. The first kappa shape index (κ1) is 12.9. The third-order valence-corrected chi connectivity index (χ3v) is 1.86. The Morgan fingerprint density at radius 3 is 2.71 bits per heavy atom. The van der Waals surface area contributed by atoms with Crippen molar-refractivity contribution in [1.82, 2.24) is 5.32 Å². The molecule has 0 bridgehead atoms. The van der Waals surface area contributed by atoms with Gasteiger partial charge in [-0.3, -0.25) is 9.59 Å². The van der Waals surface area contributed by atoms with Gasteiger partial charge in [0.25, 0.3) is 0 Å². The lowest BCUT2D eigenvalue weighted by molar-refractivity contribution is -0.153. The van der Waals surface area contributed by atoms with Crippen molar-refractivity contribution in [2.75, 3.05) is 13.2 Å². The molecule has 1 aliphatic heterocycles. The summed E-state index contributed by atoms with van der Waals surface area (Å²) < 4.78 is 4.75. The zero-order valence-electron chi connectivity index (χ0n) is 9.13. The van der Waals surface area contributed by atoms with Crippen molar-refractivity contribution in [3.8, 4) is 0 Å². The Bertz CT molecular complexity index is 192. The topological polar surface area (TPSA) is 55.4 Å². The molecule has 0 aromatic rings. The van der Waals surface area contributed by atoms with Gasteiger partial charge in [0.1, 0.15) is 5.92 Å². The average Bonchev–Trinajstić information content (AvgIpc) is 2.22. The van der Waals surface area contributed by atoms with E-state index < -0.39 is 11.9 Å². The van der Waals surface area contributed by atoms with Crippen molar-refractivity contribution >= 4 is 11.9 Å². The van der Waals surface area contributed by atoms with Crippen LogP contribution in [0.4, 0.5) is 0 Å². The Balaban J connectivity index is 0.000000791. The highest BCUT2D eigenvalue weighted by molar-refractivity contribution is 5.98. The van der Waals surface area contributed by atoms with Crippen molar-refractivity contribution in [2.24, 2.45) is 5.92 Å². The lowest BCUT2D eigenvalue weighted by Gasteiger charge is -2.19. The molecule has 1 heterocycles. The summed E-state index contributed by atoms with van der Waals surface area (Å²) in [5.41, 5.74) is 0. The summed E-state index contributed by atoms with van der Waals surface area (Å²) in [4.78, 5) is 22.2. The Labute approximate surface area is 85.0 Å². The van der Waals surface area contributed by atoms with Gasteiger partial charge in [0, 0.05) is 6.54 Å². The Morgan fingerprint density at radius 1 is 1.57 bits per heavy atom. The summed E-state index contributed by atoms with van der Waals surface area (Å²) in [6, 6.07) is 0. The van der Waals surface area contributed by atoms with E-state index in [1.165, 1.54) is 0 Å². The summed E-state index contributed by atoms with van der Waals surface area (Å²) in [6.07, 6.45) is 1.47. The van der Waals surface area contributed by atoms with E-state index in [1.807, 2.05) is 13.8 Å². The van der Waals surface area contributed by atoms with E-state index >= 15 is 0 Å². The fraction of sp³-hybridized carbons (Fsp3) is 0.800. The Morgan fingerprint density at radius 2 is 2.21 bits per heavy atom. The van der Waals surface area contributed by atoms with Crippen molar-refractivity contribution in [3.05, 3.63) is 0 Å². The normalized spacial score (nSPS) is 20.2. The molecule has 1 amide bonds. The molecule has 1 rings (SSSR count). The molecule has 0 aromatic heterocycles. The monoisotopic (exact) mass is 201 g/mol. The minimum absolute atomic E-state index is 0.195. The fourth-order valence-corrected chi connectivity index (χ4v) is 1.24. The fourth-order valence-electron chi connectivity index (χ4n) is 1.24. The summed E-state index contributed by atoms with van der Waals surface area (Å²) in [6.45, 7) is 6.75. The smallest absolute Gasteiger partial charge is 0.318 e. The maximum atomic E-state index is 11.1. The van der Waals surface area contributed by atoms with Crippen LogP contribution >= 0.6 is 0 Å². The lowest BCUT2D eigenvalue weighted by Crippen LogP contribution is -2.41. The van der Waals surface area contributed by atoms with E-state index in [4.69, 9.17) is 4.74 Å². The van der Waals surface area contributed by atoms with Gasteiger partial charge < -0.3 is 10.1 Å². The lowest BCUT2D eigenvalue weighted by atomic mass is 9.99. The number of amides is 1.